The van der Waals surface area contributed by atoms with Crippen LogP contribution in [-0.4, -0.2) is 42.5 Å². The SMILES string of the molecule is CN=C(NCc1ccccc1Cn1cccn1)NCC(C)Oc1cccc(OC)c1.I. The van der Waals surface area contributed by atoms with Gasteiger partial charge < -0.3 is 20.1 Å². The van der Waals surface area contributed by atoms with E-state index in [2.05, 4.69) is 32.9 Å². The molecular formula is C23H30IN5O2. The second-order valence-corrected chi connectivity index (χ2v) is 6.89. The zero-order valence-electron chi connectivity index (χ0n) is 18.1. The highest BCUT2D eigenvalue weighted by atomic mass is 127. The van der Waals surface area contributed by atoms with Crippen molar-refractivity contribution in [3.63, 3.8) is 0 Å². The van der Waals surface area contributed by atoms with E-state index < -0.39 is 0 Å². The Morgan fingerprint density at radius 1 is 1.06 bits per heavy atom. The van der Waals surface area contributed by atoms with E-state index in [1.807, 2.05) is 60.3 Å². The summed E-state index contributed by atoms with van der Waals surface area (Å²) in [5.74, 6) is 2.28. The molecule has 2 aromatic carbocycles. The number of hydrogen-bond donors (Lipinski definition) is 2. The van der Waals surface area contributed by atoms with Gasteiger partial charge in [-0.3, -0.25) is 9.67 Å². The Morgan fingerprint density at radius 3 is 2.55 bits per heavy atom. The number of ether oxygens (including phenoxy) is 2. The van der Waals surface area contributed by atoms with Gasteiger partial charge in [-0.25, -0.2) is 0 Å². The summed E-state index contributed by atoms with van der Waals surface area (Å²) in [5.41, 5.74) is 2.43. The molecule has 0 aliphatic rings. The fraction of sp³-hybridized carbons (Fsp3) is 0.304. The van der Waals surface area contributed by atoms with Crippen molar-refractivity contribution >= 4 is 29.9 Å². The van der Waals surface area contributed by atoms with E-state index >= 15 is 0 Å². The number of nitrogens with zero attached hydrogens (tertiary/aromatic N) is 3. The molecule has 0 fully saturated rings. The van der Waals surface area contributed by atoms with Crippen LogP contribution in [0.15, 0.2) is 72.0 Å². The van der Waals surface area contributed by atoms with Crippen molar-refractivity contribution in [3.8, 4) is 11.5 Å². The Labute approximate surface area is 200 Å². The van der Waals surface area contributed by atoms with Gasteiger partial charge in [0, 0.05) is 32.1 Å². The minimum Gasteiger partial charge on any atom is -0.497 e. The fourth-order valence-electron chi connectivity index (χ4n) is 3.04. The van der Waals surface area contributed by atoms with E-state index in [4.69, 9.17) is 9.47 Å². The molecule has 2 N–H and O–H groups in total. The van der Waals surface area contributed by atoms with E-state index in [1.54, 1.807) is 20.4 Å². The smallest absolute Gasteiger partial charge is 0.191 e. The Kier molecular flexibility index (Phi) is 10.2. The summed E-state index contributed by atoms with van der Waals surface area (Å²) in [4.78, 5) is 4.32. The maximum Gasteiger partial charge on any atom is 0.191 e. The van der Waals surface area contributed by atoms with Gasteiger partial charge in [-0.15, -0.1) is 24.0 Å². The fourth-order valence-corrected chi connectivity index (χ4v) is 3.04. The lowest BCUT2D eigenvalue weighted by molar-refractivity contribution is 0.223. The van der Waals surface area contributed by atoms with Crippen LogP contribution in [0.2, 0.25) is 0 Å². The summed E-state index contributed by atoms with van der Waals surface area (Å²) in [5, 5.41) is 11.0. The van der Waals surface area contributed by atoms with E-state index in [1.165, 1.54) is 11.1 Å². The lowest BCUT2D eigenvalue weighted by Gasteiger charge is -2.18. The van der Waals surface area contributed by atoms with Gasteiger partial charge in [0.05, 0.1) is 20.2 Å². The lowest BCUT2D eigenvalue weighted by atomic mass is 10.1. The van der Waals surface area contributed by atoms with Gasteiger partial charge >= 0.3 is 0 Å². The lowest BCUT2D eigenvalue weighted by Crippen LogP contribution is -2.41. The summed E-state index contributed by atoms with van der Waals surface area (Å²) in [6.07, 6.45) is 3.72. The van der Waals surface area contributed by atoms with Crippen molar-refractivity contribution in [1.29, 1.82) is 0 Å². The zero-order valence-corrected chi connectivity index (χ0v) is 20.4. The number of aliphatic imine (C=N–C) groups is 1. The Hall–Kier alpha value is -2.75. The number of benzene rings is 2. The largest absolute Gasteiger partial charge is 0.497 e. The third-order valence-electron chi connectivity index (χ3n) is 4.62. The molecule has 1 aromatic heterocycles. The molecule has 1 unspecified atom stereocenters. The van der Waals surface area contributed by atoms with Crippen LogP contribution < -0.4 is 20.1 Å². The molecule has 0 spiro atoms. The van der Waals surface area contributed by atoms with Crippen molar-refractivity contribution < 1.29 is 9.47 Å². The van der Waals surface area contributed by atoms with Crippen LogP contribution in [0.4, 0.5) is 0 Å². The van der Waals surface area contributed by atoms with Gasteiger partial charge in [0.15, 0.2) is 5.96 Å². The second-order valence-electron chi connectivity index (χ2n) is 6.89. The summed E-state index contributed by atoms with van der Waals surface area (Å²) in [6.45, 7) is 4.04. The van der Waals surface area contributed by atoms with Gasteiger partial charge in [-0.1, -0.05) is 30.3 Å². The predicted molar refractivity (Wildman–Crippen MR) is 134 cm³/mol. The van der Waals surface area contributed by atoms with Gasteiger partial charge in [0.25, 0.3) is 0 Å². The Balaban J connectivity index is 0.00000341. The third-order valence-corrected chi connectivity index (χ3v) is 4.62. The molecule has 166 valence electrons. The number of aromatic nitrogens is 2. The third kappa shape index (κ3) is 7.78. The van der Waals surface area contributed by atoms with Gasteiger partial charge in [0.2, 0.25) is 0 Å². The maximum absolute atomic E-state index is 5.96. The molecule has 0 amide bonds. The van der Waals surface area contributed by atoms with Crippen molar-refractivity contribution in [2.75, 3.05) is 20.7 Å². The van der Waals surface area contributed by atoms with E-state index in [0.29, 0.717) is 13.1 Å². The van der Waals surface area contributed by atoms with Crippen LogP contribution in [-0.2, 0) is 13.1 Å². The molecule has 31 heavy (non-hydrogen) atoms. The predicted octanol–water partition coefficient (Wildman–Crippen LogP) is 3.69. The molecule has 7 nitrogen and oxygen atoms in total. The standard InChI is InChI=1S/C23H29N5O2.HI/c1-18(30-22-11-6-10-21(14-22)29-3)15-25-23(24-2)26-16-19-8-4-5-9-20(19)17-28-13-7-12-27-28;/h4-14,18H,15-17H2,1-3H3,(H2,24,25,26);1H. The Morgan fingerprint density at radius 2 is 1.84 bits per heavy atom. The van der Waals surface area contributed by atoms with E-state index in [0.717, 1.165) is 24.0 Å². The maximum atomic E-state index is 5.96. The first-order valence-electron chi connectivity index (χ1n) is 9.97. The number of methoxy groups -OCH3 is 1. The van der Waals surface area contributed by atoms with Gasteiger partial charge in [-0.05, 0) is 36.2 Å². The highest BCUT2D eigenvalue weighted by molar-refractivity contribution is 14.0. The normalized spacial score (nSPS) is 11.9. The topological polar surface area (TPSA) is 72.7 Å². The number of nitrogens with one attached hydrogen (secondary N) is 2. The Bertz CT molecular complexity index is 947. The first kappa shape index (κ1) is 24.5. The van der Waals surface area contributed by atoms with Crippen LogP contribution in [0, 0.1) is 0 Å². The first-order chi connectivity index (χ1) is 14.7. The molecule has 0 aliphatic carbocycles. The van der Waals surface area contributed by atoms with Crippen LogP contribution in [0.1, 0.15) is 18.1 Å². The number of hydrogen-bond acceptors (Lipinski definition) is 4. The van der Waals surface area contributed by atoms with Crippen molar-refractivity contribution in [2.45, 2.75) is 26.1 Å². The molecule has 0 bridgehead atoms. The molecular weight excluding hydrogens is 505 g/mol. The average molecular weight is 535 g/mol. The van der Waals surface area contributed by atoms with E-state index in [9.17, 15) is 0 Å². The van der Waals surface area contributed by atoms with Crippen LogP contribution in [0.25, 0.3) is 0 Å². The average Bonchev–Trinajstić information content (AvgIpc) is 3.28. The van der Waals surface area contributed by atoms with Crippen LogP contribution in [0.5, 0.6) is 11.5 Å². The van der Waals surface area contributed by atoms with E-state index in [-0.39, 0.29) is 30.1 Å². The number of guanidine groups is 1. The van der Waals surface area contributed by atoms with Crippen molar-refractivity contribution in [1.82, 2.24) is 20.4 Å². The summed E-state index contributed by atoms with van der Waals surface area (Å²) >= 11 is 0. The summed E-state index contributed by atoms with van der Waals surface area (Å²) in [7, 11) is 3.41. The molecule has 3 aromatic rings. The van der Waals surface area contributed by atoms with Crippen molar-refractivity contribution in [3.05, 3.63) is 78.1 Å². The minimum atomic E-state index is -0.0391. The minimum absolute atomic E-state index is 0. The number of halogens is 1. The highest BCUT2D eigenvalue weighted by Gasteiger charge is 2.08. The molecule has 0 radical (unpaired) electrons. The quantitative estimate of drug-likeness (QED) is 0.249. The van der Waals surface area contributed by atoms with Crippen LogP contribution >= 0.6 is 24.0 Å². The zero-order chi connectivity index (χ0) is 21.2. The molecule has 8 heteroatoms. The summed E-state index contributed by atoms with van der Waals surface area (Å²) < 4.78 is 13.1. The van der Waals surface area contributed by atoms with Gasteiger partial charge in [0.1, 0.15) is 17.6 Å². The van der Waals surface area contributed by atoms with Crippen molar-refractivity contribution in [2.24, 2.45) is 4.99 Å². The highest BCUT2D eigenvalue weighted by Crippen LogP contribution is 2.19. The van der Waals surface area contributed by atoms with Gasteiger partial charge in [-0.2, -0.15) is 5.10 Å². The molecule has 0 saturated heterocycles. The number of rotatable bonds is 9. The molecule has 0 aliphatic heterocycles. The molecule has 1 atom stereocenters. The molecule has 1 heterocycles. The van der Waals surface area contributed by atoms with Crippen LogP contribution in [0.3, 0.4) is 0 Å². The summed E-state index contributed by atoms with van der Waals surface area (Å²) in [6, 6.07) is 17.9. The monoisotopic (exact) mass is 535 g/mol. The second kappa shape index (κ2) is 12.8. The first-order valence-corrected chi connectivity index (χ1v) is 9.97. The molecule has 3 rings (SSSR count). The molecule has 0 saturated carbocycles.